The molecule has 0 aliphatic carbocycles. The number of amides is 1. The molecular formula is C19H16FN5O3S2. The number of carbonyl (C=O) groups is 1. The van der Waals surface area contributed by atoms with E-state index in [-0.39, 0.29) is 26.8 Å². The number of hydrogen-bond acceptors (Lipinski definition) is 6. The summed E-state index contributed by atoms with van der Waals surface area (Å²) >= 11 is 0.729. The number of hydrogen-bond donors (Lipinski definition) is 1. The number of carbonyl (C=O) groups excluding carboxylic acids is 1. The first-order valence-corrected chi connectivity index (χ1v) is 11.4. The molecule has 0 unspecified atom stereocenters. The molecule has 0 saturated heterocycles. The normalized spacial score (nSPS) is 18.0. The van der Waals surface area contributed by atoms with Crippen LogP contribution in [0.15, 0.2) is 46.0 Å². The van der Waals surface area contributed by atoms with Crippen LogP contribution < -0.4 is 0 Å². The zero-order valence-electron chi connectivity index (χ0n) is 16.2. The monoisotopic (exact) mass is 445 g/mol. The van der Waals surface area contributed by atoms with Crippen LogP contribution in [0.5, 0.6) is 0 Å². The highest BCUT2D eigenvalue weighted by atomic mass is 32.3. The molecule has 0 saturated carbocycles. The molecule has 1 aromatic heterocycles. The van der Waals surface area contributed by atoms with Crippen molar-refractivity contribution < 1.29 is 17.6 Å². The Bertz CT molecular complexity index is 1320. The lowest BCUT2D eigenvalue weighted by Crippen LogP contribution is -2.35. The molecule has 0 fully saturated rings. The summed E-state index contributed by atoms with van der Waals surface area (Å²) in [6.45, 7) is 3.59. The summed E-state index contributed by atoms with van der Waals surface area (Å²) in [6, 6.07) is 8.13. The van der Waals surface area contributed by atoms with Crippen LogP contribution >= 0.6 is 11.8 Å². The molecule has 2 aromatic rings. The number of thioether (sulfide) groups is 1. The van der Waals surface area contributed by atoms with E-state index in [4.69, 9.17) is 5.41 Å². The van der Waals surface area contributed by atoms with Gasteiger partial charge in [0.05, 0.1) is 11.3 Å². The van der Waals surface area contributed by atoms with Crippen molar-refractivity contribution in [1.82, 2.24) is 9.58 Å². The first kappa shape index (κ1) is 20.2. The van der Waals surface area contributed by atoms with Crippen molar-refractivity contribution in [2.45, 2.75) is 13.8 Å². The van der Waals surface area contributed by atoms with Crippen molar-refractivity contribution in [1.29, 1.82) is 5.41 Å². The van der Waals surface area contributed by atoms with Gasteiger partial charge in [-0.15, -0.1) is 5.10 Å². The second kappa shape index (κ2) is 7.03. The fourth-order valence-corrected chi connectivity index (χ4v) is 4.90. The summed E-state index contributed by atoms with van der Waals surface area (Å²) in [6.07, 6.45) is 2.49. The third-order valence-corrected chi connectivity index (χ3v) is 7.19. The van der Waals surface area contributed by atoms with Crippen LogP contribution in [0, 0.1) is 25.1 Å². The fraction of sp³-hybridized carbons (Fsp3) is 0.158. The number of aromatic nitrogens is 1. The third-order valence-electron chi connectivity index (χ3n) is 4.62. The number of para-hydroxylation sites is 1. The minimum Gasteiger partial charge on any atom is -0.315 e. The van der Waals surface area contributed by atoms with E-state index in [1.54, 1.807) is 35.8 Å². The molecule has 1 amide bonds. The van der Waals surface area contributed by atoms with Crippen molar-refractivity contribution in [2.24, 2.45) is 10.1 Å². The molecule has 30 heavy (non-hydrogen) atoms. The Labute approximate surface area is 176 Å². The Hall–Kier alpha value is -3.05. The Morgan fingerprint density at radius 3 is 2.60 bits per heavy atom. The van der Waals surface area contributed by atoms with Gasteiger partial charge in [0.2, 0.25) is 19.4 Å². The van der Waals surface area contributed by atoms with Crippen LogP contribution in [0.1, 0.15) is 17.0 Å². The average Bonchev–Trinajstić information content (AvgIpc) is 3.21. The Morgan fingerprint density at radius 2 is 1.93 bits per heavy atom. The number of benzene rings is 1. The average molecular weight is 446 g/mol. The quantitative estimate of drug-likeness (QED) is 0.715. The lowest BCUT2D eigenvalue weighted by atomic mass is 10.1. The van der Waals surface area contributed by atoms with Gasteiger partial charge in [-0.05, 0) is 55.4 Å². The number of fused-ring (bicyclic) bond motifs is 1. The molecule has 8 nitrogen and oxygen atoms in total. The molecule has 1 aromatic carbocycles. The van der Waals surface area contributed by atoms with E-state index in [0.717, 1.165) is 28.7 Å². The predicted octanol–water partition coefficient (Wildman–Crippen LogP) is 2.85. The maximum atomic E-state index is 14.3. The summed E-state index contributed by atoms with van der Waals surface area (Å²) < 4.78 is 39.3. The van der Waals surface area contributed by atoms with Crippen molar-refractivity contribution in [3.63, 3.8) is 0 Å². The largest absolute Gasteiger partial charge is 0.315 e. The second-order valence-electron chi connectivity index (χ2n) is 6.77. The summed E-state index contributed by atoms with van der Waals surface area (Å²) in [5, 5.41) is 13.3. The molecular weight excluding hydrogens is 429 g/mol. The molecule has 2 aliphatic rings. The number of hydrazone groups is 1. The van der Waals surface area contributed by atoms with E-state index in [2.05, 4.69) is 10.1 Å². The number of aryl methyl sites for hydroxylation is 1. The maximum Gasteiger partial charge on any atom is 0.283 e. The van der Waals surface area contributed by atoms with Gasteiger partial charge in [0.15, 0.2) is 5.84 Å². The number of amidine groups is 2. The van der Waals surface area contributed by atoms with Crippen LogP contribution in [0.25, 0.3) is 11.8 Å². The standard InChI is InChI=1S/C19H16FN5O3S2/c1-10-8-12(11(2)24(10)15-7-5-4-6-14(15)20)9-13-16(21)25-18(22-17(13)26)29-19(23-25)30(3,27)28/h4-9,21H,1-3H3/b13-9-,21-16?. The van der Waals surface area contributed by atoms with Gasteiger partial charge in [-0.2, -0.15) is 10.0 Å². The molecule has 2 aliphatic heterocycles. The smallest absolute Gasteiger partial charge is 0.283 e. The van der Waals surface area contributed by atoms with Gasteiger partial charge in [0.1, 0.15) is 5.82 Å². The lowest BCUT2D eigenvalue weighted by molar-refractivity contribution is -0.114. The van der Waals surface area contributed by atoms with Gasteiger partial charge in [-0.3, -0.25) is 10.2 Å². The SMILES string of the molecule is Cc1cc(/C=C2/C(=N)N3N=C(S(C)(=O)=O)SC3=NC2=O)c(C)n1-c1ccccc1F. The van der Waals surface area contributed by atoms with Crippen LogP contribution in [0.3, 0.4) is 0 Å². The highest BCUT2D eigenvalue weighted by Gasteiger charge is 2.38. The van der Waals surface area contributed by atoms with E-state index in [1.807, 2.05) is 6.92 Å². The van der Waals surface area contributed by atoms with E-state index < -0.39 is 15.7 Å². The molecule has 4 rings (SSSR count). The fourth-order valence-electron chi connectivity index (χ4n) is 3.22. The van der Waals surface area contributed by atoms with Gasteiger partial charge in [-0.1, -0.05) is 12.1 Å². The number of nitrogens with zero attached hydrogens (tertiary/aromatic N) is 4. The Morgan fingerprint density at radius 1 is 1.23 bits per heavy atom. The highest BCUT2D eigenvalue weighted by Crippen LogP contribution is 2.31. The lowest BCUT2D eigenvalue weighted by Gasteiger charge is -2.20. The van der Waals surface area contributed by atoms with Crippen molar-refractivity contribution in [2.75, 3.05) is 6.26 Å². The molecule has 0 spiro atoms. The first-order chi connectivity index (χ1) is 14.1. The molecule has 0 bridgehead atoms. The zero-order valence-corrected chi connectivity index (χ0v) is 17.8. The minimum absolute atomic E-state index is 0.0272. The predicted molar refractivity (Wildman–Crippen MR) is 115 cm³/mol. The van der Waals surface area contributed by atoms with Crippen molar-refractivity contribution in [3.8, 4) is 5.69 Å². The number of sulfone groups is 1. The molecule has 0 atom stereocenters. The van der Waals surface area contributed by atoms with Crippen LogP contribution in [-0.4, -0.2) is 45.5 Å². The van der Waals surface area contributed by atoms with Crippen molar-refractivity contribution in [3.05, 3.63) is 58.7 Å². The first-order valence-electron chi connectivity index (χ1n) is 8.72. The Kier molecular flexibility index (Phi) is 4.74. The number of nitrogens with one attached hydrogen (secondary N) is 1. The van der Waals surface area contributed by atoms with Gasteiger partial charge < -0.3 is 4.57 Å². The molecule has 0 radical (unpaired) electrons. The van der Waals surface area contributed by atoms with Gasteiger partial charge in [0.25, 0.3) is 5.91 Å². The van der Waals surface area contributed by atoms with E-state index in [9.17, 15) is 17.6 Å². The van der Waals surface area contributed by atoms with Crippen LogP contribution in [-0.2, 0) is 14.6 Å². The number of rotatable bonds is 2. The summed E-state index contributed by atoms with van der Waals surface area (Å²) in [7, 11) is -3.60. The minimum atomic E-state index is -3.60. The van der Waals surface area contributed by atoms with Gasteiger partial charge in [-0.25, -0.2) is 12.8 Å². The maximum absolute atomic E-state index is 14.3. The van der Waals surface area contributed by atoms with Gasteiger partial charge in [0, 0.05) is 17.6 Å². The van der Waals surface area contributed by atoms with E-state index >= 15 is 0 Å². The third kappa shape index (κ3) is 3.29. The molecule has 11 heteroatoms. The zero-order chi connectivity index (χ0) is 21.8. The second-order valence-corrected chi connectivity index (χ2v) is 9.92. The Balaban J connectivity index is 1.78. The summed E-state index contributed by atoms with van der Waals surface area (Å²) in [4.78, 5) is 16.4. The topological polar surface area (TPSA) is 108 Å². The summed E-state index contributed by atoms with van der Waals surface area (Å²) in [5.41, 5.74) is 2.38. The molecule has 154 valence electrons. The van der Waals surface area contributed by atoms with E-state index in [1.165, 1.54) is 12.1 Å². The molecule has 3 heterocycles. The highest BCUT2D eigenvalue weighted by molar-refractivity contribution is 8.42. The number of aliphatic imine (C=N–C) groups is 1. The van der Waals surface area contributed by atoms with Crippen molar-refractivity contribution >= 4 is 49.0 Å². The van der Waals surface area contributed by atoms with E-state index in [0.29, 0.717) is 16.9 Å². The number of halogens is 1. The van der Waals surface area contributed by atoms with Crippen LogP contribution in [0.2, 0.25) is 0 Å². The van der Waals surface area contributed by atoms with Crippen LogP contribution in [0.4, 0.5) is 4.39 Å². The van der Waals surface area contributed by atoms with Gasteiger partial charge >= 0.3 is 0 Å². The summed E-state index contributed by atoms with van der Waals surface area (Å²) in [5.74, 6) is -1.32. The molecule has 1 N–H and O–H groups in total.